The molecule has 2 aromatic carbocycles. The molecule has 0 bridgehead atoms. The number of rotatable bonds is 6. The molecular weight excluding hydrogens is 248 g/mol. The van der Waals surface area contributed by atoms with E-state index in [-0.39, 0.29) is 12.0 Å². The molecule has 106 valence electrons. The van der Waals surface area contributed by atoms with Crippen molar-refractivity contribution in [2.45, 2.75) is 31.8 Å². The van der Waals surface area contributed by atoms with Gasteiger partial charge in [-0.2, -0.15) is 0 Å². The summed E-state index contributed by atoms with van der Waals surface area (Å²) in [5, 5.41) is 10.5. The van der Waals surface area contributed by atoms with Crippen LogP contribution in [0.15, 0.2) is 54.6 Å². The third-order valence-electron chi connectivity index (χ3n) is 3.71. The van der Waals surface area contributed by atoms with Gasteiger partial charge in [-0.05, 0) is 36.1 Å². The van der Waals surface area contributed by atoms with Crippen molar-refractivity contribution in [3.05, 3.63) is 65.7 Å². The summed E-state index contributed by atoms with van der Waals surface area (Å²) in [6.07, 6.45) is 1.19. The topological polar surface area (TPSA) is 29.5 Å². The van der Waals surface area contributed by atoms with Gasteiger partial charge in [0, 0.05) is 5.92 Å². The molecule has 0 radical (unpaired) electrons. The highest BCUT2D eigenvalue weighted by atomic mass is 16.5. The lowest BCUT2D eigenvalue weighted by Gasteiger charge is -2.22. The molecule has 0 saturated heterocycles. The Hall–Kier alpha value is -1.80. The minimum absolute atomic E-state index is 0.169. The predicted octanol–water partition coefficient (Wildman–Crippen LogP) is 3.79. The molecule has 0 heterocycles. The van der Waals surface area contributed by atoms with Crippen molar-refractivity contribution in [2.75, 3.05) is 7.11 Å². The maximum Gasteiger partial charge on any atom is 0.119 e. The van der Waals surface area contributed by atoms with Gasteiger partial charge in [0.1, 0.15) is 5.75 Å². The first kappa shape index (κ1) is 14.6. The van der Waals surface area contributed by atoms with Crippen LogP contribution < -0.4 is 4.74 Å². The predicted molar refractivity (Wildman–Crippen MR) is 82.2 cm³/mol. The fourth-order valence-corrected chi connectivity index (χ4v) is 2.61. The van der Waals surface area contributed by atoms with E-state index >= 15 is 0 Å². The van der Waals surface area contributed by atoms with Crippen molar-refractivity contribution < 1.29 is 9.84 Å². The van der Waals surface area contributed by atoms with Gasteiger partial charge in [0.15, 0.2) is 0 Å². The van der Waals surface area contributed by atoms with Gasteiger partial charge >= 0.3 is 0 Å². The summed E-state index contributed by atoms with van der Waals surface area (Å²) >= 11 is 0. The Labute approximate surface area is 121 Å². The second-order valence-electron chi connectivity index (χ2n) is 5.05. The van der Waals surface area contributed by atoms with Crippen LogP contribution in [-0.2, 0) is 6.42 Å². The maximum absolute atomic E-state index is 10.5. The van der Waals surface area contributed by atoms with E-state index in [1.54, 1.807) is 7.11 Å². The van der Waals surface area contributed by atoms with Gasteiger partial charge in [-0.15, -0.1) is 0 Å². The highest BCUT2D eigenvalue weighted by molar-refractivity contribution is 5.29. The Kier molecular flexibility index (Phi) is 5.19. The Balaban J connectivity index is 2.11. The lowest BCUT2D eigenvalue weighted by molar-refractivity contribution is 0.141. The molecule has 0 aliphatic carbocycles. The molecule has 0 amide bonds. The Morgan fingerprint density at radius 2 is 1.80 bits per heavy atom. The molecule has 2 unspecified atom stereocenters. The Bertz CT molecular complexity index is 522. The van der Waals surface area contributed by atoms with Gasteiger partial charge in [-0.1, -0.05) is 49.4 Å². The first-order valence-corrected chi connectivity index (χ1v) is 7.10. The molecular formula is C18H22O2. The molecule has 2 aromatic rings. The number of hydrogen-bond acceptors (Lipinski definition) is 2. The van der Waals surface area contributed by atoms with Crippen LogP contribution in [0.3, 0.4) is 0 Å². The first-order chi connectivity index (χ1) is 9.74. The second-order valence-corrected chi connectivity index (χ2v) is 5.05. The van der Waals surface area contributed by atoms with Crippen molar-refractivity contribution in [1.82, 2.24) is 0 Å². The number of ether oxygens (including phenoxy) is 1. The summed E-state index contributed by atoms with van der Waals surface area (Å²) in [5.41, 5.74) is 2.30. The van der Waals surface area contributed by atoms with Crippen molar-refractivity contribution in [1.29, 1.82) is 0 Å². The highest BCUT2D eigenvalue weighted by Crippen LogP contribution is 2.26. The van der Waals surface area contributed by atoms with E-state index < -0.39 is 0 Å². The van der Waals surface area contributed by atoms with Crippen molar-refractivity contribution in [2.24, 2.45) is 0 Å². The summed E-state index contributed by atoms with van der Waals surface area (Å²) in [6, 6.07) is 18.1. The van der Waals surface area contributed by atoms with E-state index in [1.165, 1.54) is 5.56 Å². The third kappa shape index (κ3) is 3.61. The molecule has 0 saturated carbocycles. The summed E-state index contributed by atoms with van der Waals surface area (Å²) in [6.45, 7) is 2.12. The second kappa shape index (κ2) is 7.11. The third-order valence-corrected chi connectivity index (χ3v) is 3.71. The fraction of sp³-hybridized carbons (Fsp3) is 0.333. The molecule has 0 aliphatic heterocycles. The maximum atomic E-state index is 10.5. The SMILES string of the molecule is CCC(c1ccccc1)C(O)Cc1cccc(OC)c1. The van der Waals surface area contributed by atoms with Gasteiger partial charge in [0.2, 0.25) is 0 Å². The Morgan fingerprint density at radius 3 is 2.45 bits per heavy atom. The zero-order chi connectivity index (χ0) is 14.4. The number of aliphatic hydroxyl groups excluding tert-OH is 1. The number of hydrogen-bond donors (Lipinski definition) is 1. The van der Waals surface area contributed by atoms with Crippen LogP contribution in [0.5, 0.6) is 5.75 Å². The van der Waals surface area contributed by atoms with Crippen molar-refractivity contribution in [3.63, 3.8) is 0 Å². The minimum Gasteiger partial charge on any atom is -0.497 e. The lowest BCUT2D eigenvalue weighted by Crippen LogP contribution is -2.20. The number of aliphatic hydroxyl groups is 1. The monoisotopic (exact) mass is 270 g/mol. The largest absolute Gasteiger partial charge is 0.497 e. The molecule has 2 atom stereocenters. The quantitative estimate of drug-likeness (QED) is 0.865. The van der Waals surface area contributed by atoms with Gasteiger partial charge in [-0.25, -0.2) is 0 Å². The average molecular weight is 270 g/mol. The van der Waals surface area contributed by atoms with Crippen LogP contribution in [0.2, 0.25) is 0 Å². The summed E-state index contributed by atoms with van der Waals surface area (Å²) in [4.78, 5) is 0. The zero-order valence-electron chi connectivity index (χ0n) is 12.1. The summed E-state index contributed by atoms with van der Waals surface area (Å²) in [5.74, 6) is 1.00. The van der Waals surface area contributed by atoms with E-state index in [9.17, 15) is 5.11 Å². The van der Waals surface area contributed by atoms with Crippen LogP contribution in [0.4, 0.5) is 0 Å². The molecule has 0 spiro atoms. The van der Waals surface area contributed by atoms with Crippen LogP contribution in [0, 0.1) is 0 Å². The zero-order valence-corrected chi connectivity index (χ0v) is 12.1. The molecule has 2 heteroatoms. The molecule has 2 rings (SSSR count). The van der Waals surface area contributed by atoms with Gasteiger partial charge in [0.05, 0.1) is 13.2 Å². The van der Waals surface area contributed by atoms with Crippen LogP contribution >= 0.6 is 0 Å². The van der Waals surface area contributed by atoms with Crippen LogP contribution in [0.25, 0.3) is 0 Å². The van der Waals surface area contributed by atoms with Gasteiger partial charge < -0.3 is 9.84 Å². The van der Waals surface area contributed by atoms with Crippen LogP contribution in [-0.4, -0.2) is 18.3 Å². The summed E-state index contributed by atoms with van der Waals surface area (Å²) in [7, 11) is 1.66. The van der Waals surface area contributed by atoms with Crippen molar-refractivity contribution >= 4 is 0 Å². The van der Waals surface area contributed by atoms with E-state index in [2.05, 4.69) is 19.1 Å². The van der Waals surface area contributed by atoms with E-state index in [0.717, 1.165) is 17.7 Å². The molecule has 0 aromatic heterocycles. The molecule has 1 N–H and O–H groups in total. The van der Waals surface area contributed by atoms with Crippen LogP contribution in [0.1, 0.15) is 30.4 Å². The fourth-order valence-electron chi connectivity index (χ4n) is 2.61. The van der Waals surface area contributed by atoms with Gasteiger partial charge in [0.25, 0.3) is 0 Å². The number of benzene rings is 2. The summed E-state index contributed by atoms with van der Waals surface area (Å²) < 4.78 is 5.23. The van der Waals surface area contributed by atoms with E-state index in [4.69, 9.17) is 4.74 Å². The lowest BCUT2D eigenvalue weighted by atomic mass is 9.88. The molecule has 0 aliphatic rings. The standard InChI is InChI=1S/C18H22O2/c1-3-17(15-9-5-4-6-10-15)18(19)13-14-8-7-11-16(12-14)20-2/h4-12,17-19H,3,13H2,1-2H3. The van der Waals surface area contributed by atoms with E-state index in [1.807, 2.05) is 42.5 Å². The Morgan fingerprint density at radius 1 is 1.05 bits per heavy atom. The average Bonchev–Trinajstić information content (AvgIpc) is 2.49. The highest BCUT2D eigenvalue weighted by Gasteiger charge is 2.19. The minimum atomic E-state index is -0.380. The molecule has 2 nitrogen and oxygen atoms in total. The van der Waals surface area contributed by atoms with E-state index in [0.29, 0.717) is 6.42 Å². The smallest absolute Gasteiger partial charge is 0.119 e. The number of methoxy groups -OCH3 is 1. The van der Waals surface area contributed by atoms with Gasteiger partial charge in [-0.3, -0.25) is 0 Å². The first-order valence-electron chi connectivity index (χ1n) is 7.10. The normalized spacial score (nSPS) is 13.8. The molecule has 0 fully saturated rings. The van der Waals surface area contributed by atoms with Crippen molar-refractivity contribution in [3.8, 4) is 5.75 Å². The molecule has 20 heavy (non-hydrogen) atoms.